The Bertz CT molecular complexity index is 580. The van der Waals surface area contributed by atoms with Crippen LogP contribution in [-0.4, -0.2) is 38.0 Å². The quantitative estimate of drug-likeness (QED) is 0.869. The summed E-state index contributed by atoms with van der Waals surface area (Å²) in [7, 11) is 0. The van der Waals surface area contributed by atoms with Gasteiger partial charge < -0.3 is 10.4 Å². The second-order valence-corrected chi connectivity index (χ2v) is 5.92. The number of aliphatic hydroxyl groups is 1. The summed E-state index contributed by atoms with van der Waals surface area (Å²) < 4.78 is 1.62. The molecule has 1 aromatic heterocycles. The van der Waals surface area contributed by atoms with E-state index in [1.807, 2.05) is 31.2 Å². The van der Waals surface area contributed by atoms with Gasteiger partial charge in [0.2, 0.25) is 0 Å². The minimum absolute atomic E-state index is 0.0581. The van der Waals surface area contributed by atoms with Crippen LogP contribution in [0.2, 0.25) is 0 Å². The highest BCUT2D eigenvalue weighted by atomic mass is 16.3. The second-order valence-electron chi connectivity index (χ2n) is 5.92. The van der Waals surface area contributed by atoms with E-state index in [0.29, 0.717) is 6.04 Å². The van der Waals surface area contributed by atoms with Crippen molar-refractivity contribution in [3.8, 4) is 5.69 Å². The maximum atomic E-state index is 9.91. The summed E-state index contributed by atoms with van der Waals surface area (Å²) in [6.07, 6.45) is 6.47. The van der Waals surface area contributed by atoms with E-state index in [4.69, 9.17) is 0 Å². The first kappa shape index (κ1) is 14.2. The summed E-state index contributed by atoms with van der Waals surface area (Å²) in [4.78, 5) is 0. The molecule has 1 unspecified atom stereocenters. The molecule has 112 valence electrons. The van der Waals surface area contributed by atoms with Gasteiger partial charge in [-0.3, -0.25) is 0 Å². The number of aromatic nitrogens is 4. The highest BCUT2D eigenvalue weighted by molar-refractivity contribution is 5.38. The van der Waals surface area contributed by atoms with Gasteiger partial charge in [-0.2, -0.15) is 0 Å². The summed E-state index contributed by atoms with van der Waals surface area (Å²) in [6, 6.07) is 8.46. The smallest absolute Gasteiger partial charge is 0.143 e. The summed E-state index contributed by atoms with van der Waals surface area (Å²) in [5, 5.41) is 24.8. The Balaban J connectivity index is 1.87. The Morgan fingerprint density at radius 1 is 1.38 bits per heavy atom. The maximum Gasteiger partial charge on any atom is 0.143 e. The number of rotatable bonds is 5. The molecule has 0 bridgehead atoms. The van der Waals surface area contributed by atoms with Gasteiger partial charge in [0.25, 0.3) is 0 Å². The van der Waals surface area contributed by atoms with Crippen LogP contribution in [0, 0.1) is 0 Å². The molecule has 1 atom stereocenters. The highest BCUT2D eigenvalue weighted by Gasteiger charge is 2.30. The molecule has 2 aromatic rings. The second kappa shape index (κ2) is 5.91. The Hall–Kier alpha value is -1.79. The van der Waals surface area contributed by atoms with Gasteiger partial charge in [0.05, 0.1) is 17.8 Å². The summed E-state index contributed by atoms with van der Waals surface area (Å²) in [5.74, 6) is 0. The molecule has 6 heteroatoms. The van der Waals surface area contributed by atoms with E-state index in [0.717, 1.165) is 11.3 Å². The number of aliphatic hydroxyl groups excluding tert-OH is 1. The number of nitrogens with one attached hydrogen (secondary N) is 1. The van der Waals surface area contributed by atoms with Crippen molar-refractivity contribution in [1.82, 2.24) is 25.5 Å². The molecule has 0 spiro atoms. The molecule has 3 rings (SSSR count). The van der Waals surface area contributed by atoms with Crippen molar-refractivity contribution in [2.24, 2.45) is 0 Å². The Morgan fingerprint density at radius 2 is 2.19 bits per heavy atom. The summed E-state index contributed by atoms with van der Waals surface area (Å²) in [6.45, 7) is 2.10. The topological polar surface area (TPSA) is 75.9 Å². The maximum absolute atomic E-state index is 9.91. The number of hydrogen-bond acceptors (Lipinski definition) is 5. The van der Waals surface area contributed by atoms with Gasteiger partial charge in [-0.15, -0.1) is 5.10 Å². The first-order valence-electron chi connectivity index (χ1n) is 7.44. The lowest BCUT2D eigenvalue weighted by Crippen LogP contribution is -2.47. The lowest BCUT2D eigenvalue weighted by molar-refractivity contribution is 0.161. The van der Waals surface area contributed by atoms with Crippen LogP contribution in [0.3, 0.4) is 0 Å². The largest absolute Gasteiger partial charge is 0.394 e. The van der Waals surface area contributed by atoms with Gasteiger partial charge in [0.1, 0.15) is 6.33 Å². The molecule has 1 saturated carbocycles. The number of nitrogens with zero attached hydrogens (tertiary/aromatic N) is 4. The van der Waals surface area contributed by atoms with Crippen LogP contribution in [0.15, 0.2) is 30.6 Å². The van der Waals surface area contributed by atoms with Gasteiger partial charge in [0, 0.05) is 6.04 Å². The van der Waals surface area contributed by atoms with Gasteiger partial charge in [-0.1, -0.05) is 25.0 Å². The third-order valence-electron chi connectivity index (χ3n) is 4.29. The van der Waals surface area contributed by atoms with Gasteiger partial charge in [-0.25, -0.2) is 4.68 Å². The zero-order valence-corrected chi connectivity index (χ0v) is 12.2. The van der Waals surface area contributed by atoms with Crippen molar-refractivity contribution in [3.63, 3.8) is 0 Å². The predicted octanol–water partition coefficient (Wildman–Crippen LogP) is 1.40. The van der Waals surface area contributed by atoms with E-state index in [9.17, 15) is 5.11 Å². The average Bonchev–Trinajstić information content (AvgIpc) is 3.20. The Morgan fingerprint density at radius 3 is 2.86 bits per heavy atom. The van der Waals surface area contributed by atoms with Crippen molar-refractivity contribution in [1.29, 1.82) is 0 Å². The molecule has 6 nitrogen and oxygen atoms in total. The molecule has 1 aliphatic rings. The van der Waals surface area contributed by atoms with Crippen LogP contribution in [0.25, 0.3) is 5.69 Å². The fourth-order valence-electron chi connectivity index (χ4n) is 3.01. The van der Waals surface area contributed by atoms with E-state index in [-0.39, 0.29) is 6.61 Å². The molecule has 0 radical (unpaired) electrons. The molecule has 1 aliphatic carbocycles. The lowest BCUT2D eigenvalue weighted by Gasteiger charge is -2.33. The fraction of sp³-hybridized carbons (Fsp3) is 0.533. The normalized spacial score (nSPS) is 18.8. The van der Waals surface area contributed by atoms with Crippen LogP contribution in [0.5, 0.6) is 0 Å². The first-order chi connectivity index (χ1) is 10.2. The first-order valence-corrected chi connectivity index (χ1v) is 7.44. The summed E-state index contributed by atoms with van der Waals surface area (Å²) >= 11 is 0. The van der Waals surface area contributed by atoms with Crippen molar-refractivity contribution < 1.29 is 5.11 Å². The number of benzene rings is 1. The van der Waals surface area contributed by atoms with Gasteiger partial charge in [-0.05, 0) is 47.9 Å². The fourth-order valence-corrected chi connectivity index (χ4v) is 3.01. The predicted molar refractivity (Wildman–Crippen MR) is 79.0 cm³/mol. The third kappa shape index (κ3) is 2.96. The minimum atomic E-state index is -0.445. The molecule has 0 amide bonds. The summed E-state index contributed by atoms with van der Waals surface area (Å²) in [5.41, 5.74) is 1.49. The molecule has 1 aromatic carbocycles. The standard InChI is InChI=1S/C15H21N5O/c1-15(10-21,17-13-6-2-3-7-13)12-5-4-8-14(9-12)20-11-16-18-19-20/h4-5,8-9,11,13,17,21H,2-3,6-7,10H2,1H3. The van der Waals surface area contributed by atoms with Gasteiger partial charge in [0.15, 0.2) is 0 Å². The SMILES string of the molecule is CC(CO)(NC1CCCC1)c1cccc(-n2cnnn2)c1. The molecule has 1 fully saturated rings. The van der Waals surface area contributed by atoms with E-state index >= 15 is 0 Å². The van der Waals surface area contributed by atoms with Crippen molar-refractivity contribution in [2.45, 2.75) is 44.2 Å². The highest BCUT2D eigenvalue weighted by Crippen LogP contribution is 2.27. The minimum Gasteiger partial charge on any atom is -0.394 e. The van der Waals surface area contributed by atoms with Crippen LogP contribution >= 0.6 is 0 Å². The van der Waals surface area contributed by atoms with E-state index in [1.165, 1.54) is 25.7 Å². The Labute approximate surface area is 124 Å². The van der Waals surface area contributed by atoms with Crippen LogP contribution in [0.4, 0.5) is 0 Å². The van der Waals surface area contributed by atoms with E-state index in [1.54, 1.807) is 11.0 Å². The molecular weight excluding hydrogens is 266 g/mol. The van der Waals surface area contributed by atoms with Crippen molar-refractivity contribution in [2.75, 3.05) is 6.61 Å². The number of hydrogen-bond donors (Lipinski definition) is 2. The molecular formula is C15H21N5O. The van der Waals surface area contributed by atoms with Crippen molar-refractivity contribution >= 4 is 0 Å². The van der Waals surface area contributed by atoms with Crippen LogP contribution in [0.1, 0.15) is 38.2 Å². The van der Waals surface area contributed by atoms with Gasteiger partial charge >= 0.3 is 0 Å². The van der Waals surface area contributed by atoms with E-state index in [2.05, 4.69) is 20.8 Å². The molecule has 21 heavy (non-hydrogen) atoms. The number of tetrazole rings is 1. The Kier molecular flexibility index (Phi) is 3.98. The molecule has 2 N–H and O–H groups in total. The zero-order valence-electron chi connectivity index (χ0n) is 12.2. The van der Waals surface area contributed by atoms with Crippen molar-refractivity contribution in [3.05, 3.63) is 36.2 Å². The van der Waals surface area contributed by atoms with Crippen LogP contribution in [-0.2, 0) is 5.54 Å². The molecule has 0 saturated heterocycles. The van der Waals surface area contributed by atoms with Crippen LogP contribution < -0.4 is 5.32 Å². The molecule has 1 heterocycles. The monoisotopic (exact) mass is 287 g/mol. The molecule has 0 aliphatic heterocycles. The van der Waals surface area contributed by atoms with E-state index < -0.39 is 5.54 Å². The average molecular weight is 287 g/mol. The lowest BCUT2D eigenvalue weighted by atomic mass is 9.91. The zero-order chi connectivity index (χ0) is 14.7. The third-order valence-corrected chi connectivity index (χ3v) is 4.29.